The lowest BCUT2D eigenvalue weighted by atomic mass is 9.97. The topological polar surface area (TPSA) is 33.0 Å². The molecule has 70 valence electrons. The summed E-state index contributed by atoms with van der Waals surface area (Å²) >= 11 is 0. The van der Waals surface area contributed by atoms with Gasteiger partial charge in [-0.1, -0.05) is 18.2 Å². The standard InChI is InChI=1S/C12H11NO/c13-7-8-14-12-6-5-10-3-1-2-4-11(10)9-12/h2,4-6,9H,1,3,8H2. The monoisotopic (exact) mass is 185 g/mol. The summed E-state index contributed by atoms with van der Waals surface area (Å²) in [6.07, 6.45) is 6.49. The third-order valence-electron chi connectivity index (χ3n) is 2.30. The predicted octanol–water partition coefficient (Wildman–Crippen LogP) is 2.55. The van der Waals surface area contributed by atoms with E-state index < -0.39 is 0 Å². The molecule has 2 rings (SSSR count). The van der Waals surface area contributed by atoms with Crippen molar-refractivity contribution < 1.29 is 4.74 Å². The zero-order valence-electron chi connectivity index (χ0n) is 7.86. The van der Waals surface area contributed by atoms with Gasteiger partial charge in [0, 0.05) is 0 Å². The van der Waals surface area contributed by atoms with Gasteiger partial charge >= 0.3 is 0 Å². The first-order valence-corrected chi connectivity index (χ1v) is 4.69. The van der Waals surface area contributed by atoms with Gasteiger partial charge < -0.3 is 4.74 Å². The number of allylic oxidation sites excluding steroid dienone is 1. The molecule has 0 saturated carbocycles. The van der Waals surface area contributed by atoms with Crippen LogP contribution in [0.4, 0.5) is 0 Å². The van der Waals surface area contributed by atoms with Crippen molar-refractivity contribution in [3.63, 3.8) is 0 Å². The van der Waals surface area contributed by atoms with Crippen molar-refractivity contribution in [1.29, 1.82) is 5.26 Å². The summed E-state index contributed by atoms with van der Waals surface area (Å²) in [6.45, 7) is 0.114. The first-order chi connectivity index (χ1) is 6.90. The van der Waals surface area contributed by atoms with Gasteiger partial charge in [-0.05, 0) is 36.1 Å². The number of fused-ring (bicyclic) bond motifs is 1. The van der Waals surface area contributed by atoms with Crippen LogP contribution in [0.2, 0.25) is 0 Å². The van der Waals surface area contributed by atoms with Crippen LogP contribution in [0.25, 0.3) is 6.08 Å². The summed E-state index contributed by atoms with van der Waals surface area (Å²) in [6, 6.07) is 7.95. The minimum Gasteiger partial charge on any atom is -0.479 e. The molecule has 2 heteroatoms. The summed E-state index contributed by atoms with van der Waals surface area (Å²) in [5.74, 6) is 0.775. The second-order valence-electron chi connectivity index (χ2n) is 3.25. The molecule has 0 spiro atoms. The van der Waals surface area contributed by atoms with E-state index in [9.17, 15) is 0 Å². The molecule has 1 aromatic carbocycles. The molecule has 0 aromatic heterocycles. The van der Waals surface area contributed by atoms with E-state index in [2.05, 4.69) is 18.2 Å². The molecule has 0 aliphatic heterocycles. The van der Waals surface area contributed by atoms with Gasteiger partial charge in [-0.3, -0.25) is 0 Å². The highest BCUT2D eigenvalue weighted by molar-refractivity contribution is 5.58. The Balaban J connectivity index is 2.23. The molecule has 0 saturated heterocycles. The Kier molecular flexibility index (Phi) is 2.51. The van der Waals surface area contributed by atoms with Crippen LogP contribution in [0.15, 0.2) is 24.3 Å². The van der Waals surface area contributed by atoms with Gasteiger partial charge in [-0.2, -0.15) is 5.26 Å². The third-order valence-corrected chi connectivity index (χ3v) is 2.30. The number of nitriles is 1. The maximum absolute atomic E-state index is 8.38. The van der Waals surface area contributed by atoms with E-state index in [1.807, 2.05) is 18.2 Å². The van der Waals surface area contributed by atoms with Crippen molar-refractivity contribution in [1.82, 2.24) is 0 Å². The van der Waals surface area contributed by atoms with Crippen molar-refractivity contribution in [2.45, 2.75) is 12.8 Å². The fourth-order valence-corrected chi connectivity index (χ4v) is 1.61. The van der Waals surface area contributed by atoms with E-state index in [1.54, 1.807) is 0 Å². The van der Waals surface area contributed by atoms with Gasteiger partial charge in [0.15, 0.2) is 6.61 Å². The normalized spacial score (nSPS) is 13.1. The predicted molar refractivity (Wildman–Crippen MR) is 54.9 cm³/mol. The summed E-state index contributed by atoms with van der Waals surface area (Å²) in [5, 5.41) is 8.38. The van der Waals surface area contributed by atoms with Crippen LogP contribution < -0.4 is 4.74 Å². The average Bonchev–Trinajstić information content (AvgIpc) is 2.26. The van der Waals surface area contributed by atoms with Crippen LogP contribution >= 0.6 is 0 Å². The molecule has 0 atom stereocenters. The van der Waals surface area contributed by atoms with E-state index >= 15 is 0 Å². The van der Waals surface area contributed by atoms with Crippen LogP contribution in [-0.4, -0.2) is 6.61 Å². The Hall–Kier alpha value is -1.75. The first-order valence-electron chi connectivity index (χ1n) is 4.69. The molecule has 1 aliphatic rings. The van der Waals surface area contributed by atoms with Crippen LogP contribution in [0.1, 0.15) is 17.5 Å². The van der Waals surface area contributed by atoms with E-state index in [1.165, 1.54) is 11.1 Å². The van der Waals surface area contributed by atoms with Crippen molar-refractivity contribution >= 4 is 6.08 Å². The molecule has 0 fully saturated rings. The van der Waals surface area contributed by atoms with Gasteiger partial charge in [-0.25, -0.2) is 0 Å². The highest BCUT2D eigenvalue weighted by Crippen LogP contribution is 2.23. The molecule has 1 aliphatic carbocycles. The van der Waals surface area contributed by atoms with Gasteiger partial charge in [0.2, 0.25) is 0 Å². The minimum absolute atomic E-state index is 0.114. The van der Waals surface area contributed by atoms with Crippen LogP contribution in [0.5, 0.6) is 5.75 Å². The zero-order valence-corrected chi connectivity index (χ0v) is 7.86. The molecule has 1 aromatic rings. The lowest BCUT2D eigenvalue weighted by Gasteiger charge is -2.11. The number of hydrogen-bond donors (Lipinski definition) is 0. The zero-order chi connectivity index (χ0) is 9.80. The Morgan fingerprint density at radius 1 is 1.43 bits per heavy atom. The molecule has 14 heavy (non-hydrogen) atoms. The molecule has 0 unspecified atom stereocenters. The Labute approximate surface area is 83.4 Å². The lowest BCUT2D eigenvalue weighted by Crippen LogP contribution is -1.97. The Morgan fingerprint density at radius 2 is 2.36 bits per heavy atom. The second-order valence-corrected chi connectivity index (χ2v) is 3.25. The molecule has 2 nitrogen and oxygen atoms in total. The lowest BCUT2D eigenvalue weighted by molar-refractivity contribution is 0.368. The summed E-state index contributed by atoms with van der Waals surface area (Å²) in [7, 11) is 0. The SMILES string of the molecule is N#CCOc1ccc2c(c1)C=CCC2. The van der Waals surface area contributed by atoms with Crippen molar-refractivity contribution in [2.75, 3.05) is 6.61 Å². The summed E-state index contributed by atoms with van der Waals surface area (Å²) < 4.78 is 5.23. The smallest absolute Gasteiger partial charge is 0.174 e. The molecule has 0 radical (unpaired) electrons. The molecule has 0 heterocycles. The second kappa shape index (κ2) is 3.97. The highest BCUT2D eigenvalue weighted by Gasteiger charge is 2.05. The van der Waals surface area contributed by atoms with Gasteiger partial charge in [-0.15, -0.1) is 0 Å². The minimum atomic E-state index is 0.114. The maximum Gasteiger partial charge on any atom is 0.174 e. The summed E-state index contributed by atoms with van der Waals surface area (Å²) in [5.41, 5.74) is 2.57. The van der Waals surface area contributed by atoms with Gasteiger partial charge in [0.25, 0.3) is 0 Å². The largest absolute Gasteiger partial charge is 0.479 e. The maximum atomic E-state index is 8.38. The molecule has 0 bridgehead atoms. The van der Waals surface area contributed by atoms with Crippen LogP contribution in [0.3, 0.4) is 0 Å². The third kappa shape index (κ3) is 1.77. The van der Waals surface area contributed by atoms with E-state index in [4.69, 9.17) is 10.00 Å². The van der Waals surface area contributed by atoms with Crippen LogP contribution in [-0.2, 0) is 6.42 Å². The van der Waals surface area contributed by atoms with Gasteiger partial charge in [0.1, 0.15) is 11.8 Å². The van der Waals surface area contributed by atoms with E-state index in [0.29, 0.717) is 0 Å². The number of aryl methyl sites for hydroxylation is 1. The number of rotatable bonds is 2. The number of hydrogen-bond acceptors (Lipinski definition) is 2. The number of ether oxygens (including phenoxy) is 1. The molecular weight excluding hydrogens is 174 g/mol. The fourth-order valence-electron chi connectivity index (χ4n) is 1.61. The molecule has 0 amide bonds. The van der Waals surface area contributed by atoms with E-state index in [0.717, 1.165) is 18.6 Å². The average molecular weight is 185 g/mol. The van der Waals surface area contributed by atoms with Crippen molar-refractivity contribution in [2.24, 2.45) is 0 Å². The number of nitrogens with zero attached hydrogens (tertiary/aromatic N) is 1. The summed E-state index contributed by atoms with van der Waals surface area (Å²) in [4.78, 5) is 0. The number of benzene rings is 1. The highest BCUT2D eigenvalue weighted by atomic mass is 16.5. The van der Waals surface area contributed by atoms with Crippen LogP contribution in [0, 0.1) is 11.3 Å². The van der Waals surface area contributed by atoms with Gasteiger partial charge in [0.05, 0.1) is 0 Å². The first kappa shape index (κ1) is 8.83. The van der Waals surface area contributed by atoms with Crippen molar-refractivity contribution in [3.8, 4) is 11.8 Å². The molecule has 0 N–H and O–H groups in total. The van der Waals surface area contributed by atoms with Crippen molar-refractivity contribution in [3.05, 3.63) is 35.4 Å². The molecular formula is C12H11NO. The Morgan fingerprint density at radius 3 is 3.21 bits per heavy atom. The van der Waals surface area contributed by atoms with E-state index in [-0.39, 0.29) is 6.61 Å². The fraction of sp³-hybridized carbons (Fsp3) is 0.250. The Bertz CT molecular complexity index is 401. The quantitative estimate of drug-likeness (QED) is 0.709.